The van der Waals surface area contributed by atoms with E-state index < -0.39 is 6.16 Å². The van der Waals surface area contributed by atoms with Crippen molar-refractivity contribution in [2.45, 2.75) is 0 Å². The van der Waals surface area contributed by atoms with E-state index in [4.69, 9.17) is 15.0 Å². The third-order valence-electron chi connectivity index (χ3n) is 0. The van der Waals surface area contributed by atoms with Crippen LogP contribution in [0.2, 0.25) is 0 Å². The van der Waals surface area contributed by atoms with Gasteiger partial charge in [-0.3, -0.25) is 0 Å². The molecule has 0 aliphatic carbocycles. The topological polar surface area (TPSA) is 75.2 Å². The fourth-order valence-corrected chi connectivity index (χ4v) is 0. The molecule has 0 heterocycles. The molecule has 0 spiro atoms. The second-order valence-electron chi connectivity index (χ2n) is 0.750. The van der Waals surface area contributed by atoms with Gasteiger partial charge < -0.3 is 20.3 Å². The average molecular weight is 183 g/mol. The molecule has 0 atom stereocenters. The predicted octanol–water partition coefficient (Wildman–Crippen LogP) is -8.60. The molecule has 0 rings (SSSR count). The number of hydrogen-bond donors (Lipinski definition) is 1. The number of rotatable bonds is 0. The molecule has 1 N–H and O–H groups in total. The number of carboxylic acid groups (broad SMARTS) is 2. The van der Waals surface area contributed by atoms with Gasteiger partial charge in [-0.1, -0.05) is 0 Å². The van der Waals surface area contributed by atoms with Gasteiger partial charge in [0.2, 0.25) is 0 Å². The summed E-state index contributed by atoms with van der Waals surface area (Å²) in [5, 5.41) is 19.4. The van der Waals surface area contributed by atoms with Crippen LogP contribution in [0.4, 0.5) is 4.79 Å². The van der Waals surface area contributed by atoms with E-state index in [9.17, 15) is 0 Å². The van der Waals surface area contributed by atoms with Crippen LogP contribution in [-0.4, -0.2) is 20.3 Å². The molecule has 0 aromatic carbocycles. The maximum absolute atomic E-state index is 8.33. The summed E-state index contributed by atoms with van der Waals surface area (Å²) in [6.07, 6.45) is -2.33. The summed E-state index contributed by atoms with van der Waals surface area (Å²) in [5.74, 6) is 0. The molecule has 0 aromatic rings. The maximum Gasteiger partial charge on any atom is 1.00 e. The van der Waals surface area contributed by atoms with Crippen LogP contribution >= 0.6 is 0 Å². The predicted molar refractivity (Wildman–Crippen MR) is 20.4 cm³/mol. The molecule has 4 nitrogen and oxygen atoms in total. The summed E-state index contributed by atoms with van der Waals surface area (Å²) in [4.78, 5) is 8.33. The fourth-order valence-electron chi connectivity index (χ4n) is 0. The van der Waals surface area contributed by atoms with Gasteiger partial charge in [-0.05, 0) is 20.3 Å². The molecule has 0 bridgehead atoms. The monoisotopic (exact) mass is 183 g/mol. The van der Waals surface area contributed by atoms with Crippen molar-refractivity contribution in [3.8, 4) is 0 Å². The molecular weight excluding hydrogens is 176 g/mol. The molecule has 6 heteroatoms. The van der Waals surface area contributed by atoms with E-state index in [1.54, 1.807) is 0 Å². The van der Waals surface area contributed by atoms with E-state index in [1.807, 2.05) is 14.1 Å². The standard InChI is InChI=1S/C2H7N.CH2O3.2K/c1-3-2;2-1(3)4;;/h3H,1-2H3;(H2,2,3,4);;/q;;2*+1/p-2. The molecule has 0 saturated carbocycles. The van der Waals surface area contributed by atoms with Crippen LogP contribution in [0, 0.1) is 0 Å². The van der Waals surface area contributed by atoms with Gasteiger partial charge in [0, 0.05) is 0 Å². The molecule has 0 aliphatic heterocycles. The van der Waals surface area contributed by atoms with Gasteiger partial charge in [-0.25, -0.2) is 0 Å². The van der Waals surface area contributed by atoms with Gasteiger partial charge in [-0.2, -0.15) is 0 Å². The number of carbonyl (C=O) groups is 1. The zero-order valence-corrected chi connectivity index (χ0v) is 12.5. The Morgan fingerprint density at radius 2 is 1.22 bits per heavy atom. The Hall–Kier alpha value is 2.50. The molecular formula is C3H7K2NO3. The normalized spacial score (nSPS) is 4.67. The molecule has 0 aromatic heterocycles. The summed E-state index contributed by atoms with van der Waals surface area (Å²) in [6, 6.07) is 0. The maximum atomic E-state index is 8.33. The van der Waals surface area contributed by atoms with Crippen LogP contribution < -0.4 is 118 Å². The minimum Gasteiger partial charge on any atom is -0.652 e. The Morgan fingerprint density at radius 1 is 1.22 bits per heavy atom. The summed E-state index contributed by atoms with van der Waals surface area (Å²) in [6.45, 7) is 0. The minimum absolute atomic E-state index is 0. The fraction of sp³-hybridized carbons (Fsp3) is 0.667. The van der Waals surface area contributed by atoms with Gasteiger partial charge in [0.15, 0.2) is 0 Å². The van der Waals surface area contributed by atoms with Crippen molar-refractivity contribution < 1.29 is 118 Å². The number of nitrogens with one attached hydrogen (secondary N) is 1. The van der Waals surface area contributed by atoms with Crippen molar-refractivity contribution in [3.63, 3.8) is 0 Å². The molecule has 0 fully saturated rings. The molecule has 0 amide bonds. The smallest absolute Gasteiger partial charge is 0.652 e. The first-order valence-electron chi connectivity index (χ1n) is 1.61. The number of carbonyl (C=O) groups excluding carboxylic acids is 1. The van der Waals surface area contributed by atoms with Crippen molar-refractivity contribution in [2.24, 2.45) is 0 Å². The Kier molecular flexibility index (Phi) is 56.2. The van der Waals surface area contributed by atoms with E-state index >= 15 is 0 Å². The van der Waals surface area contributed by atoms with Crippen molar-refractivity contribution in [3.05, 3.63) is 0 Å². The van der Waals surface area contributed by atoms with Crippen LogP contribution in [0.1, 0.15) is 0 Å². The van der Waals surface area contributed by atoms with Crippen molar-refractivity contribution in [1.82, 2.24) is 5.32 Å². The quantitative estimate of drug-likeness (QED) is 0.378. The molecule has 0 aliphatic rings. The Morgan fingerprint density at radius 3 is 1.22 bits per heavy atom. The Labute approximate surface area is 140 Å². The third-order valence-corrected chi connectivity index (χ3v) is 0. The van der Waals surface area contributed by atoms with Crippen molar-refractivity contribution in [1.29, 1.82) is 0 Å². The Balaban J connectivity index is -0.0000000233. The van der Waals surface area contributed by atoms with E-state index in [2.05, 4.69) is 5.32 Å². The molecule has 0 unspecified atom stereocenters. The van der Waals surface area contributed by atoms with Gasteiger partial charge in [-0.15, -0.1) is 0 Å². The largest absolute Gasteiger partial charge is 1.00 e. The van der Waals surface area contributed by atoms with Crippen molar-refractivity contribution in [2.75, 3.05) is 14.1 Å². The van der Waals surface area contributed by atoms with Crippen LogP contribution in [0.15, 0.2) is 0 Å². The molecule has 9 heavy (non-hydrogen) atoms. The molecule has 0 saturated heterocycles. The third kappa shape index (κ3) is 121. The second kappa shape index (κ2) is 22.4. The summed E-state index contributed by atoms with van der Waals surface area (Å²) in [5.41, 5.74) is 0. The van der Waals surface area contributed by atoms with Gasteiger partial charge in [0.05, 0.1) is 0 Å². The second-order valence-corrected chi connectivity index (χ2v) is 0.750. The molecule has 0 radical (unpaired) electrons. The molecule has 44 valence electrons. The first-order valence-corrected chi connectivity index (χ1v) is 1.61. The van der Waals surface area contributed by atoms with Crippen LogP contribution in [-0.2, 0) is 0 Å². The number of hydrogen-bond acceptors (Lipinski definition) is 4. The summed E-state index contributed by atoms with van der Waals surface area (Å²) in [7, 11) is 3.75. The first-order chi connectivity index (χ1) is 3.15. The van der Waals surface area contributed by atoms with E-state index in [-0.39, 0.29) is 103 Å². The van der Waals surface area contributed by atoms with Crippen LogP contribution in [0.3, 0.4) is 0 Å². The van der Waals surface area contributed by atoms with Gasteiger partial charge in [0.25, 0.3) is 0 Å². The average Bonchev–Trinajstić information content (AvgIpc) is 1.33. The SMILES string of the molecule is CNC.O=C([O-])[O-].[K+].[K+]. The van der Waals surface area contributed by atoms with E-state index in [1.165, 1.54) is 0 Å². The Bertz CT molecular complexity index is 48.3. The van der Waals surface area contributed by atoms with Crippen LogP contribution in [0.5, 0.6) is 0 Å². The zero-order valence-electron chi connectivity index (χ0n) is 6.22. The first kappa shape index (κ1) is 22.5. The van der Waals surface area contributed by atoms with Crippen LogP contribution in [0.25, 0.3) is 0 Å². The van der Waals surface area contributed by atoms with E-state index in [0.29, 0.717) is 0 Å². The van der Waals surface area contributed by atoms with Crippen molar-refractivity contribution >= 4 is 6.16 Å². The summed E-state index contributed by atoms with van der Waals surface area (Å²) < 4.78 is 0. The minimum atomic E-state index is -2.33. The van der Waals surface area contributed by atoms with E-state index in [0.717, 1.165) is 0 Å². The zero-order chi connectivity index (χ0) is 6.28. The summed E-state index contributed by atoms with van der Waals surface area (Å²) >= 11 is 0. The van der Waals surface area contributed by atoms with Gasteiger partial charge >= 0.3 is 103 Å². The van der Waals surface area contributed by atoms with Gasteiger partial charge in [0.1, 0.15) is 0 Å².